The fourth-order valence-electron chi connectivity index (χ4n) is 0.587. The van der Waals surface area contributed by atoms with E-state index in [2.05, 4.69) is 0 Å². The van der Waals surface area contributed by atoms with Gasteiger partial charge in [0.2, 0.25) is 0 Å². The van der Waals surface area contributed by atoms with Crippen molar-refractivity contribution in [2.45, 2.75) is 25.0 Å². The molecule has 0 aliphatic rings. The van der Waals surface area contributed by atoms with Crippen LogP contribution in [0.5, 0.6) is 0 Å². The SMILES string of the molecule is CC(CCC(=O)O)SSCCN. The van der Waals surface area contributed by atoms with E-state index in [1.54, 1.807) is 21.6 Å². The van der Waals surface area contributed by atoms with Gasteiger partial charge < -0.3 is 10.8 Å². The van der Waals surface area contributed by atoms with Gasteiger partial charge in [0, 0.05) is 24.0 Å². The summed E-state index contributed by atoms with van der Waals surface area (Å²) in [5, 5.41) is 8.80. The van der Waals surface area contributed by atoms with Gasteiger partial charge in [0.05, 0.1) is 0 Å². The maximum absolute atomic E-state index is 10.2. The van der Waals surface area contributed by atoms with Crippen LogP contribution in [0.1, 0.15) is 19.8 Å². The maximum atomic E-state index is 10.2. The van der Waals surface area contributed by atoms with Crippen LogP contribution in [0.4, 0.5) is 0 Å². The molecule has 0 saturated carbocycles. The van der Waals surface area contributed by atoms with Crippen molar-refractivity contribution < 1.29 is 9.90 Å². The largest absolute Gasteiger partial charge is 0.481 e. The molecule has 0 aromatic carbocycles. The molecule has 0 rings (SSSR count). The van der Waals surface area contributed by atoms with Gasteiger partial charge in [0.25, 0.3) is 0 Å². The number of carbonyl (C=O) groups is 1. The van der Waals surface area contributed by atoms with Crippen LogP contribution in [0.3, 0.4) is 0 Å². The summed E-state index contributed by atoms with van der Waals surface area (Å²) in [6.45, 7) is 2.72. The van der Waals surface area contributed by atoms with Crippen molar-refractivity contribution in [3.8, 4) is 0 Å². The Morgan fingerprint density at radius 3 is 2.83 bits per heavy atom. The zero-order valence-electron chi connectivity index (χ0n) is 7.16. The molecule has 0 aromatic rings. The molecule has 0 radical (unpaired) electrons. The summed E-state index contributed by atoms with van der Waals surface area (Å²) in [7, 11) is 3.43. The van der Waals surface area contributed by atoms with Crippen molar-refractivity contribution in [3.05, 3.63) is 0 Å². The highest BCUT2D eigenvalue weighted by Gasteiger charge is 2.05. The zero-order valence-corrected chi connectivity index (χ0v) is 8.79. The predicted octanol–water partition coefficient (Wildman–Crippen LogP) is 1.58. The second-order valence-electron chi connectivity index (χ2n) is 2.45. The van der Waals surface area contributed by atoms with E-state index in [-0.39, 0.29) is 6.42 Å². The summed E-state index contributed by atoms with van der Waals surface area (Å²) in [6, 6.07) is 0. The second-order valence-corrected chi connectivity index (χ2v) is 5.38. The van der Waals surface area contributed by atoms with Gasteiger partial charge in [0.15, 0.2) is 0 Å². The van der Waals surface area contributed by atoms with E-state index in [9.17, 15) is 4.79 Å². The lowest BCUT2D eigenvalue weighted by Crippen LogP contribution is -2.03. The molecule has 0 aliphatic heterocycles. The van der Waals surface area contributed by atoms with Gasteiger partial charge in [-0.2, -0.15) is 0 Å². The molecule has 0 aliphatic carbocycles. The molecular weight excluding hydrogens is 194 g/mol. The molecule has 0 saturated heterocycles. The van der Waals surface area contributed by atoms with Crippen LogP contribution >= 0.6 is 21.6 Å². The number of hydrogen-bond donors (Lipinski definition) is 2. The van der Waals surface area contributed by atoms with E-state index in [1.165, 1.54) is 0 Å². The molecule has 1 atom stereocenters. The first kappa shape index (κ1) is 12.1. The average Bonchev–Trinajstić information content (AvgIpc) is 2.01. The summed E-state index contributed by atoms with van der Waals surface area (Å²) in [5.74, 6) is 0.216. The van der Waals surface area contributed by atoms with Crippen LogP contribution in [0.15, 0.2) is 0 Å². The lowest BCUT2D eigenvalue weighted by molar-refractivity contribution is -0.137. The minimum Gasteiger partial charge on any atom is -0.481 e. The Bertz CT molecular complexity index is 133. The summed E-state index contributed by atoms with van der Waals surface area (Å²) in [6.07, 6.45) is 0.995. The van der Waals surface area contributed by atoms with Crippen LogP contribution in [0.2, 0.25) is 0 Å². The normalized spacial score (nSPS) is 12.8. The highest BCUT2D eigenvalue weighted by atomic mass is 33.1. The molecule has 0 spiro atoms. The first-order valence-electron chi connectivity index (χ1n) is 3.87. The van der Waals surface area contributed by atoms with Crippen molar-refractivity contribution >= 4 is 27.6 Å². The van der Waals surface area contributed by atoms with Gasteiger partial charge in [-0.15, -0.1) is 0 Å². The van der Waals surface area contributed by atoms with Crippen LogP contribution < -0.4 is 5.73 Å². The Hall–Kier alpha value is 0.130. The monoisotopic (exact) mass is 209 g/mol. The molecule has 3 nitrogen and oxygen atoms in total. The van der Waals surface area contributed by atoms with Crippen molar-refractivity contribution in [1.29, 1.82) is 0 Å². The highest BCUT2D eigenvalue weighted by molar-refractivity contribution is 8.76. The second kappa shape index (κ2) is 7.76. The third-order valence-corrected chi connectivity index (χ3v) is 4.19. The quantitative estimate of drug-likeness (QED) is 0.492. The number of nitrogens with two attached hydrogens (primary N) is 1. The predicted molar refractivity (Wildman–Crippen MR) is 55.4 cm³/mol. The van der Waals surface area contributed by atoms with Crippen molar-refractivity contribution in [3.63, 3.8) is 0 Å². The van der Waals surface area contributed by atoms with E-state index >= 15 is 0 Å². The Balaban J connectivity index is 3.21. The van der Waals surface area contributed by atoms with Crippen LogP contribution in [0.25, 0.3) is 0 Å². The lowest BCUT2D eigenvalue weighted by atomic mass is 10.2. The number of carboxylic acid groups (broad SMARTS) is 1. The van der Waals surface area contributed by atoms with E-state index < -0.39 is 5.97 Å². The maximum Gasteiger partial charge on any atom is 0.303 e. The van der Waals surface area contributed by atoms with E-state index in [4.69, 9.17) is 10.8 Å². The lowest BCUT2D eigenvalue weighted by Gasteiger charge is -2.07. The molecule has 0 heterocycles. The van der Waals surface area contributed by atoms with Gasteiger partial charge in [0.1, 0.15) is 0 Å². The fourth-order valence-corrected chi connectivity index (χ4v) is 2.79. The Morgan fingerprint density at radius 1 is 1.67 bits per heavy atom. The highest BCUT2D eigenvalue weighted by Crippen LogP contribution is 2.28. The minimum absolute atomic E-state index is 0.261. The molecule has 12 heavy (non-hydrogen) atoms. The Kier molecular flexibility index (Phi) is 7.85. The Labute approximate surface area is 80.9 Å². The van der Waals surface area contributed by atoms with Gasteiger partial charge in [-0.1, -0.05) is 28.5 Å². The fraction of sp³-hybridized carbons (Fsp3) is 0.857. The van der Waals surface area contributed by atoms with E-state index in [1.807, 2.05) is 6.92 Å². The van der Waals surface area contributed by atoms with Crippen LogP contribution in [-0.2, 0) is 4.79 Å². The summed E-state index contributed by atoms with van der Waals surface area (Å²) >= 11 is 0. The molecule has 0 fully saturated rings. The van der Waals surface area contributed by atoms with Crippen molar-refractivity contribution in [1.82, 2.24) is 0 Å². The third kappa shape index (κ3) is 8.23. The van der Waals surface area contributed by atoms with Gasteiger partial charge in [-0.05, 0) is 6.42 Å². The van der Waals surface area contributed by atoms with Crippen molar-refractivity contribution in [2.24, 2.45) is 5.73 Å². The van der Waals surface area contributed by atoms with Gasteiger partial charge in [-0.25, -0.2) is 0 Å². The summed E-state index contributed by atoms with van der Waals surface area (Å²) in [4.78, 5) is 10.2. The molecule has 0 aromatic heterocycles. The average molecular weight is 209 g/mol. The van der Waals surface area contributed by atoms with Crippen molar-refractivity contribution in [2.75, 3.05) is 12.3 Å². The molecule has 0 amide bonds. The third-order valence-electron chi connectivity index (χ3n) is 1.20. The zero-order chi connectivity index (χ0) is 9.40. The number of hydrogen-bond acceptors (Lipinski definition) is 4. The number of rotatable bonds is 7. The topological polar surface area (TPSA) is 63.3 Å². The molecule has 0 bridgehead atoms. The molecule has 5 heteroatoms. The minimum atomic E-state index is -0.716. The summed E-state index contributed by atoms with van der Waals surface area (Å²) < 4.78 is 0. The standard InChI is InChI=1S/C7H15NO2S2/c1-6(2-3-7(9)10)12-11-5-4-8/h6H,2-5,8H2,1H3,(H,9,10). The molecule has 72 valence electrons. The van der Waals surface area contributed by atoms with E-state index in [0.717, 1.165) is 12.2 Å². The van der Waals surface area contributed by atoms with Crippen LogP contribution in [0, 0.1) is 0 Å². The Morgan fingerprint density at radius 2 is 2.33 bits per heavy atom. The first-order valence-corrected chi connectivity index (χ1v) is 6.25. The van der Waals surface area contributed by atoms with Gasteiger partial charge >= 0.3 is 5.97 Å². The number of carboxylic acids is 1. The smallest absolute Gasteiger partial charge is 0.303 e. The summed E-state index contributed by atoms with van der Waals surface area (Å²) in [5.41, 5.74) is 5.31. The molecule has 1 unspecified atom stereocenters. The van der Waals surface area contributed by atoms with Gasteiger partial charge in [-0.3, -0.25) is 4.79 Å². The number of aliphatic carboxylic acids is 1. The van der Waals surface area contributed by atoms with Crippen LogP contribution in [-0.4, -0.2) is 28.6 Å². The first-order chi connectivity index (χ1) is 5.66. The van der Waals surface area contributed by atoms with E-state index in [0.29, 0.717) is 11.8 Å². The molecule has 3 N–H and O–H groups in total. The molecular formula is C7H15NO2S2.